The van der Waals surface area contributed by atoms with Crippen molar-refractivity contribution >= 4 is 39.2 Å². The van der Waals surface area contributed by atoms with E-state index in [-0.39, 0.29) is 21.7 Å². The molecule has 0 heterocycles. The number of hydrogen-bond donors (Lipinski definition) is 3. The highest BCUT2D eigenvalue weighted by molar-refractivity contribution is 9.10. The number of halogens is 1. The van der Waals surface area contributed by atoms with E-state index in [0.29, 0.717) is 24.1 Å². The zero-order chi connectivity index (χ0) is 21.5. The van der Waals surface area contributed by atoms with Crippen LogP contribution in [0.2, 0.25) is 0 Å². The molecule has 2 aromatic rings. The van der Waals surface area contributed by atoms with Gasteiger partial charge in [0.15, 0.2) is 0 Å². The molecule has 0 aliphatic heterocycles. The lowest BCUT2D eigenvalue weighted by molar-refractivity contribution is -0.144. The molecule has 2 atom stereocenters. The molecule has 0 radical (unpaired) electrons. The molecule has 2 aromatic carbocycles. The number of rotatable bonds is 5. The molecule has 162 valence electrons. The van der Waals surface area contributed by atoms with Crippen LogP contribution in [0.3, 0.4) is 0 Å². The second kappa shape index (κ2) is 7.97. The maximum Gasteiger partial charge on any atom is 0.323 e. The Balaban J connectivity index is 1.19. The summed E-state index contributed by atoms with van der Waals surface area (Å²) < 4.78 is 0.171. The van der Waals surface area contributed by atoms with E-state index in [4.69, 9.17) is 0 Å². The van der Waals surface area contributed by atoms with Crippen LogP contribution in [0.25, 0.3) is 0 Å². The predicted molar refractivity (Wildman–Crippen MR) is 126 cm³/mol. The molecular weight excluding hydrogens is 454 g/mol. The Morgan fingerprint density at radius 2 is 1.58 bits per heavy atom. The van der Waals surface area contributed by atoms with Crippen molar-refractivity contribution in [2.45, 2.75) is 49.4 Å². The van der Waals surface area contributed by atoms with Crippen molar-refractivity contribution in [3.05, 3.63) is 60.2 Å². The second-order valence-electron chi connectivity index (χ2n) is 9.72. The van der Waals surface area contributed by atoms with Crippen molar-refractivity contribution in [1.29, 1.82) is 0 Å². The first-order valence-electron chi connectivity index (χ1n) is 11.1. The molecule has 31 heavy (non-hydrogen) atoms. The van der Waals surface area contributed by atoms with Gasteiger partial charge in [-0.15, -0.1) is 0 Å². The molecule has 4 aliphatic rings. The lowest BCUT2D eigenvalue weighted by atomic mass is 9.49. The Kier molecular flexibility index (Phi) is 5.29. The fourth-order valence-corrected chi connectivity index (χ4v) is 7.81. The minimum Gasteiger partial charge on any atom is -0.352 e. The van der Waals surface area contributed by atoms with Crippen LogP contribution < -0.4 is 16.0 Å². The number of hydrogen-bond acceptors (Lipinski definition) is 2. The van der Waals surface area contributed by atoms with E-state index in [9.17, 15) is 9.59 Å². The monoisotopic (exact) mass is 481 g/mol. The molecule has 2 unspecified atom stereocenters. The van der Waals surface area contributed by atoms with Gasteiger partial charge in [0.25, 0.3) is 0 Å². The summed E-state index contributed by atoms with van der Waals surface area (Å²) in [5.74, 6) is 1.56. The molecule has 4 saturated carbocycles. The molecule has 0 saturated heterocycles. The quantitative estimate of drug-likeness (QED) is 0.480. The van der Waals surface area contributed by atoms with Gasteiger partial charge in [-0.1, -0.05) is 46.3 Å². The summed E-state index contributed by atoms with van der Waals surface area (Å²) in [6, 6.07) is 16.7. The second-order valence-corrected chi connectivity index (χ2v) is 11.4. The van der Waals surface area contributed by atoms with Gasteiger partial charge in [0, 0.05) is 22.2 Å². The predicted octanol–water partition coefficient (Wildman–Crippen LogP) is 5.68. The van der Waals surface area contributed by atoms with Gasteiger partial charge in [-0.3, -0.25) is 4.79 Å². The summed E-state index contributed by atoms with van der Waals surface area (Å²) in [6.07, 6.45) is 6.75. The van der Waals surface area contributed by atoms with E-state index >= 15 is 0 Å². The smallest absolute Gasteiger partial charge is 0.323 e. The molecular formula is C25H28BrN3O2. The number of nitrogens with one attached hydrogen (secondary N) is 3. The van der Waals surface area contributed by atoms with Crippen molar-refractivity contribution in [3.8, 4) is 0 Å². The van der Waals surface area contributed by atoms with Gasteiger partial charge < -0.3 is 16.0 Å². The van der Waals surface area contributed by atoms with Crippen LogP contribution in [0.1, 0.15) is 44.1 Å². The van der Waals surface area contributed by atoms with Gasteiger partial charge >= 0.3 is 6.03 Å². The van der Waals surface area contributed by atoms with Gasteiger partial charge in [-0.05, 0) is 80.2 Å². The minimum absolute atomic E-state index is 0.171. The third kappa shape index (κ3) is 4.36. The Hall–Kier alpha value is -2.34. The van der Waals surface area contributed by atoms with E-state index < -0.39 is 0 Å². The highest BCUT2D eigenvalue weighted by Gasteiger charge is 2.59. The Morgan fingerprint density at radius 1 is 0.903 bits per heavy atom. The summed E-state index contributed by atoms with van der Waals surface area (Å²) in [7, 11) is 0. The largest absolute Gasteiger partial charge is 0.352 e. The van der Waals surface area contributed by atoms with E-state index in [0.717, 1.165) is 30.5 Å². The van der Waals surface area contributed by atoms with Crippen LogP contribution in [0.5, 0.6) is 0 Å². The molecule has 3 amide bonds. The number of benzene rings is 2. The standard InChI is InChI=1S/C25H28BrN3O2/c26-25-13-18-9-19(14-25)12-24(11-18,16-25)22(30)27-15-17-5-4-8-21(10-17)29-23(31)28-20-6-2-1-3-7-20/h1-8,10,18-19H,9,11-16H2,(H,27,30)(H2,28,29,31). The Bertz CT molecular complexity index is 979. The van der Waals surface area contributed by atoms with E-state index in [1.54, 1.807) is 0 Å². The van der Waals surface area contributed by atoms with Gasteiger partial charge in [-0.2, -0.15) is 0 Å². The summed E-state index contributed by atoms with van der Waals surface area (Å²) in [6.45, 7) is 0.473. The molecule has 4 fully saturated rings. The molecule has 0 spiro atoms. The van der Waals surface area contributed by atoms with Crippen LogP contribution in [-0.4, -0.2) is 16.3 Å². The number of carbonyl (C=O) groups excluding carboxylic acids is 2. The number of para-hydroxylation sites is 1. The maximum absolute atomic E-state index is 13.3. The Labute approximate surface area is 191 Å². The van der Waals surface area contributed by atoms with Crippen LogP contribution >= 0.6 is 15.9 Å². The van der Waals surface area contributed by atoms with Crippen molar-refractivity contribution in [2.75, 3.05) is 10.6 Å². The zero-order valence-electron chi connectivity index (χ0n) is 17.5. The molecule has 3 N–H and O–H groups in total. The third-order valence-electron chi connectivity index (χ3n) is 7.14. The molecule has 6 rings (SSSR count). The molecule has 0 aromatic heterocycles. The molecule has 6 heteroatoms. The first kappa shape index (κ1) is 20.6. The van der Waals surface area contributed by atoms with Gasteiger partial charge in [0.2, 0.25) is 5.91 Å². The normalized spacial score (nSPS) is 30.6. The van der Waals surface area contributed by atoms with E-state index in [2.05, 4.69) is 31.9 Å². The van der Waals surface area contributed by atoms with Gasteiger partial charge in [0.05, 0.1) is 5.41 Å². The summed E-state index contributed by atoms with van der Waals surface area (Å²) >= 11 is 3.99. The van der Waals surface area contributed by atoms with Crippen LogP contribution in [0.15, 0.2) is 54.6 Å². The van der Waals surface area contributed by atoms with E-state index in [1.807, 2.05) is 54.6 Å². The fourth-order valence-electron chi connectivity index (χ4n) is 6.36. The maximum atomic E-state index is 13.3. The average molecular weight is 482 g/mol. The summed E-state index contributed by atoms with van der Waals surface area (Å²) in [4.78, 5) is 25.5. The van der Waals surface area contributed by atoms with Gasteiger partial charge in [-0.25, -0.2) is 4.79 Å². The number of anilines is 2. The number of carbonyl (C=O) groups is 2. The lowest BCUT2D eigenvalue weighted by Gasteiger charge is -2.59. The lowest BCUT2D eigenvalue weighted by Crippen LogP contribution is -2.58. The van der Waals surface area contributed by atoms with Crippen molar-refractivity contribution in [2.24, 2.45) is 17.3 Å². The summed E-state index contributed by atoms with van der Waals surface area (Å²) in [5, 5.41) is 8.88. The molecule has 5 nitrogen and oxygen atoms in total. The van der Waals surface area contributed by atoms with E-state index in [1.165, 1.54) is 19.3 Å². The number of alkyl halides is 1. The van der Waals surface area contributed by atoms with Crippen molar-refractivity contribution in [1.82, 2.24) is 5.32 Å². The van der Waals surface area contributed by atoms with Crippen molar-refractivity contribution in [3.63, 3.8) is 0 Å². The first-order valence-corrected chi connectivity index (χ1v) is 11.9. The average Bonchev–Trinajstić information content (AvgIpc) is 2.71. The topological polar surface area (TPSA) is 70.2 Å². The number of urea groups is 1. The SMILES string of the molecule is O=C(Nc1ccccc1)Nc1cccc(CNC(=O)C23CC4CC(CC(Br)(C4)C2)C3)c1. The minimum atomic E-state index is -0.288. The highest BCUT2D eigenvalue weighted by atomic mass is 79.9. The number of amides is 3. The van der Waals surface area contributed by atoms with Crippen LogP contribution in [0.4, 0.5) is 16.2 Å². The van der Waals surface area contributed by atoms with Crippen LogP contribution in [0, 0.1) is 17.3 Å². The third-order valence-corrected chi connectivity index (χ3v) is 8.07. The van der Waals surface area contributed by atoms with Gasteiger partial charge in [0.1, 0.15) is 0 Å². The van der Waals surface area contributed by atoms with Crippen molar-refractivity contribution < 1.29 is 9.59 Å². The summed E-state index contributed by atoms with van der Waals surface area (Å²) in [5.41, 5.74) is 2.21. The van der Waals surface area contributed by atoms with Crippen LogP contribution in [-0.2, 0) is 11.3 Å². The Morgan fingerprint density at radius 3 is 2.29 bits per heavy atom. The first-order chi connectivity index (χ1) is 14.9. The molecule has 4 aliphatic carbocycles. The highest BCUT2D eigenvalue weighted by Crippen LogP contribution is 2.64. The zero-order valence-corrected chi connectivity index (χ0v) is 19.1. The molecule has 4 bridgehead atoms. The fraction of sp³-hybridized carbons (Fsp3) is 0.440.